The van der Waals surface area contributed by atoms with E-state index < -0.39 is 0 Å². The zero-order valence-corrected chi connectivity index (χ0v) is 11.7. The minimum Gasteiger partial charge on any atom is -0.373 e. The summed E-state index contributed by atoms with van der Waals surface area (Å²) in [6, 6.07) is 7.41. The maximum Gasteiger partial charge on any atom is 0.251 e. The van der Waals surface area contributed by atoms with Crippen molar-refractivity contribution in [2.45, 2.75) is 13.3 Å². The lowest BCUT2D eigenvalue weighted by atomic mass is 10.2. The highest BCUT2D eigenvalue weighted by Gasteiger charge is 2.07. The molecule has 5 heteroatoms. The molecule has 0 bridgehead atoms. The van der Waals surface area contributed by atoms with Crippen LogP contribution in [0.5, 0.6) is 0 Å². The number of nitrogens with zero attached hydrogens (tertiary/aromatic N) is 2. The first-order valence-corrected chi connectivity index (χ1v) is 6.52. The van der Waals surface area contributed by atoms with Crippen molar-refractivity contribution in [2.75, 3.05) is 18.9 Å². The second-order valence-corrected chi connectivity index (χ2v) is 4.50. The van der Waals surface area contributed by atoms with Crippen molar-refractivity contribution in [1.82, 2.24) is 15.3 Å². The molecule has 5 nitrogen and oxygen atoms in total. The Morgan fingerprint density at radius 3 is 2.90 bits per heavy atom. The van der Waals surface area contributed by atoms with Gasteiger partial charge in [-0.3, -0.25) is 9.78 Å². The number of carbonyl (C=O) groups excluding carboxylic acids is 1. The highest BCUT2D eigenvalue weighted by atomic mass is 16.1. The van der Waals surface area contributed by atoms with Gasteiger partial charge in [-0.2, -0.15) is 0 Å². The normalized spacial score (nSPS) is 10.1. The predicted octanol–water partition coefficient (Wildman–Crippen LogP) is 1.80. The maximum atomic E-state index is 12.1. The summed E-state index contributed by atoms with van der Waals surface area (Å²) in [6.45, 7) is 2.45. The molecule has 2 heterocycles. The topological polar surface area (TPSA) is 66.9 Å². The monoisotopic (exact) mass is 270 g/mol. The van der Waals surface area contributed by atoms with Gasteiger partial charge in [0.2, 0.25) is 0 Å². The van der Waals surface area contributed by atoms with Crippen molar-refractivity contribution >= 4 is 11.7 Å². The van der Waals surface area contributed by atoms with Gasteiger partial charge in [0.1, 0.15) is 5.82 Å². The van der Waals surface area contributed by atoms with E-state index in [9.17, 15) is 4.79 Å². The molecule has 0 atom stereocenters. The molecular formula is C15H18N4O. The second-order valence-electron chi connectivity index (χ2n) is 4.50. The van der Waals surface area contributed by atoms with Crippen molar-refractivity contribution < 1.29 is 4.79 Å². The van der Waals surface area contributed by atoms with E-state index in [2.05, 4.69) is 20.6 Å². The maximum absolute atomic E-state index is 12.1. The lowest BCUT2D eigenvalue weighted by Gasteiger charge is -2.08. The summed E-state index contributed by atoms with van der Waals surface area (Å²) in [5, 5.41) is 5.85. The van der Waals surface area contributed by atoms with Crippen LogP contribution < -0.4 is 10.6 Å². The van der Waals surface area contributed by atoms with Crippen molar-refractivity contribution in [2.24, 2.45) is 0 Å². The Bertz CT molecular complexity index is 584. The Balaban J connectivity index is 1.93. The van der Waals surface area contributed by atoms with Gasteiger partial charge in [-0.15, -0.1) is 0 Å². The van der Waals surface area contributed by atoms with Crippen LogP contribution in [0.1, 0.15) is 21.6 Å². The summed E-state index contributed by atoms with van der Waals surface area (Å²) in [4.78, 5) is 20.4. The number of rotatable bonds is 5. The number of nitrogens with one attached hydrogen (secondary N) is 2. The molecule has 20 heavy (non-hydrogen) atoms. The van der Waals surface area contributed by atoms with Gasteiger partial charge in [-0.05, 0) is 37.1 Å². The summed E-state index contributed by atoms with van der Waals surface area (Å²) in [5.41, 5.74) is 2.54. The quantitative estimate of drug-likeness (QED) is 0.869. The zero-order valence-electron chi connectivity index (χ0n) is 11.7. The van der Waals surface area contributed by atoms with Gasteiger partial charge >= 0.3 is 0 Å². The first kappa shape index (κ1) is 14.0. The molecule has 0 aliphatic rings. The fourth-order valence-corrected chi connectivity index (χ4v) is 1.90. The van der Waals surface area contributed by atoms with E-state index >= 15 is 0 Å². The van der Waals surface area contributed by atoms with Crippen LogP contribution in [-0.2, 0) is 6.42 Å². The molecular weight excluding hydrogens is 252 g/mol. The Morgan fingerprint density at radius 1 is 1.35 bits per heavy atom. The van der Waals surface area contributed by atoms with Crippen LogP contribution in [0.25, 0.3) is 0 Å². The van der Waals surface area contributed by atoms with Gasteiger partial charge in [-0.1, -0.05) is 6.07 Å². The number of amides is 1. The van der Waals surface area contributed by atoms with Gasteiger partial charge in [0, 0.05) is 37.2 Å². The van der Waals surface area contributed by atoms with E-state index in [1.165, 1.54) is 0 Å². The molecule has 1 amide bonds. The van der Waals surface area contributed by atoms with Gasteiger partial charge in [0.15, 0.2) is 0 Å². The number of hydrogen-bond donors (Lipinski definition) is 2. The summed E-state index contributed by atoms with van der Waals surface area (Å²) in [7, 11) is 1.78. The molecule has 2 aromatic rings. The minimum atomic E-state index is -0.0871. The lowest BCUT2D eigenvalue weighted by Crippen LogP contribution is -2.26. The minimum absolute atomic E-state index is 0.0871. The summed E-state index contributed by atoms with van der Waals surface area (Å²) in [6.07, 6.45) is 4.31. The Labute approximate surface area is 118 Å². The number of pyridine rings is 2. The molecule has 2 N–H and O–H groups in total. The third kappa shape index (κ3) is 3.78. The first-order chi connectivity index (χ1) is 9.69. The summed E-state index contributed by atoms with van der Waals surface area (Å²) < 4.78 is 0. The van der Waals surface area contributed by atoms with Crippen LogP contribution in [0.15, 0.2) is 36.7 Å². The van der Waals surface area contributed by atoms with Crippen LogP contribution in [0.4, 0.5) is 5.82 Å². The molecule has 0 radical (unpaired) electrons. The molecule has 104 valence electrons. The van der Waals surface area contributed by atoms with Crippen molar-refractivity contribution in [3.63, 3.8) is 0 Å². The molecule has 0 unspecified atom stereocenters. The fraction of sp³-hybridized carbons (Fsp3) is 0.267. The Morgan fingerprint density at radius 2 is 2.20 bits per heavy atom. The Hall–Kier alpha value is -2.43. The molecule has 0 saturated carbocycles. The summed E-state index contributed by atoms with van der Waals surface area (Å²) >= 11 is 0. The van der Waals surface area contributed by atoms with Crippen molar-refractivity contribution in [1.29, 1.82) is 0 Å². The van der Waals surface area contributed by atoms with E-state index in [1.54, 1.807) is 25.4 Å². The van der Waals surface area contributed by atoms with E-state index in [0.29, 0.717) is 17.9 Å². The largest absolute Gasteiger partial charge is 0.373 e. The zero-order chi connectivity index (χ0) is 14.4. The smallest absolute Gasteiger partial charge is 0.251 e. The summed E-state index contributed by atoms with van der Waals surface area (Å²) in [5.74, 6) is 0.610. The molecule has 2 aromatic heterocycles. The van der Waals surface area contributed by atoms with Gasteiger partial charge in [0.25, 0.3) is 5.91 Å². The van der Waals surface area contributed by atoms with Crippen LogP contribution in [-0.4, -0.2) is 29.5 Å². The molecule has 0 aliphatic carbocycles. The van der Waals surface area contributed by atoms with Crippen LogP contribution >= 0.6 is 0 Å². The number of anilines is 1. The average molecular weight is 270 g/mol. The van der Waals surface area contributed by atoms with E-state index in [4.69, 9.17) is 0 Å². The second kappa shape index (κ2) is 6.65. The van der Waals surface area contributed by atoms with Crippen molar-refractivity contribution in [3.8, 4) is 0 Å². The number of hydrogen-bond acceptors (Lipinski definition) is 4. The SMILES string of the molecule is CNc1cc(C(=O)NCCc2cccnc2)cc(C)n1. The van der Waals surface area contributed by atoms with Gasteiger partial charge in [-0.25, -0.2) is 4.98 Å². The van der Waals surface area contributed by atoms with Crippen LogP contribution in [0.3, 0.4) is 0 Å². The molecule has 0 fully saturated rings. The van der Waals surface area contributed by atoms with E-state index in [1.807, 2.05) is 25.3 Å². The third-order valence-electron chi connectivity index (χ3n) is 2.89. The van der Waals surface area contributed by atoms with Crippen molar-refractivity contribution in [3.05, 3.63) is 53.5 Å². The van der Waals surface area contributed by atoms with E-state index in [-0.39, 0.29) is 5.91 Å². The number of aromatic nitrogens is 2. The molecule has 0 spiro atoms. The average Bonchev–Trinajstić information content (AvgIpc) is 2.47. The standard InChI is InChI=1S/C15H18N4O/c1-11-8-13(9-14(16-2)19-11)15(20)18-7-5-12-4-3-6-17-10-12/h3-4,6,8-10H,5,7H2,1-2H3,(H,16,19)(H,18,20). The lowest BCUT2D eigenvalue weighted by molar-refractivity contribution is 0.0954. The number of carbonyl (C=O) groups is 1. The highest BCUT2D eigenvalue weighted by molar-refractivity contribution is 5.94. The molecule has 2 rings (SSSR count). The van der Waals surface area contributed by atoms with Crippen LogP contribution in [0.2, 0.25) is 0 Å². The highest BCUT2D eigenvalue weighted by Crippen LogP contribution is 2.09. The van der Waals surface area contributed by atoms with Gasteiger partial charge < -0.3 is 10.6 Å². The third-order valence-corrected chi connectivity index (χ3v) is 2.89. The predicted molar refractivity (Wildman–Crippen MR) is 78.8 cm³/mol. The first-order valence-electron chi connectivity index (χ1n) is 6.52. The number of aryl methyl sites for hydroxylation is 1. The molecule has 0 saturated heterocycles. The van der Waals surface area contributed by atoms with Gasteiger partial charge in [0.05, 0.1) is 0 Å². The van der Waals surface area contributed by atoms with Crippen LogP contribution in [0, 0.1) is 6.92 Å². The van der Waals surface area contributed by atoms with E-state index in [0.717, 1.165) is 17.7 Å². The fourth-order valence-electron chi connectivity index (χ4n) is 1.90. The molecule has 0 aromatic carbocycles. The molecule has 0 aliphatic heterocycles. The Kier molecular flexibility index (Phi) is 4.65.